The van der Waals surface area contributed by atoms with Crippen molar-refractivity contribution in [2.45, 2.75) is 83.6 Å². The van der Waals surface area contributed by atoms with Crippen molar-refractivity contribution >= 4 is 29.0 Å². The Bertz CT molecular complexity index is 2190. The molecule has 4 aliphatic rings. The van der Waals surface area contributed by atoms with E-state index in [4.69, 9.17) is 18.9 Å². The molecule has 2 heterocycles. The van der Waals surface area contributed by atoms with Gasteiger partial charge in [-0.25, -0.2) is 0 Å². The number of aliphatic hydroxyl groups is 3. The van der Waals surface area contributed by atoms with E-state index in [0.717, 1.165) is 16.8 Å². The number of aromatic hydroxyl groups is 2. The van der Waals surface area contributed by atoms with Crippen molar-refractivity contribution in [2.75, 3.05) is 38.4 Å². The molecule has 2 aliphatic heterocycles. The number of fused-ring (bicyclic) bond motifs is 3. The van der Waals surface area contributed by atoms with E-state index >= 15 is 0 Å². The van der Waals surface area contributed by atoms with Crippen molar-refractivity contribution in [2.24, 2.45) is 5.92 Å². The summed E-state index contributed by atoms with van der Waals surface area (Å²) in [5.74, 6) is -5.24. The number of nitrogens with zero attached hydrogens (tertiary/aromatic N) is 2. The maximum atomic E-state index is 14.0. The number of aliphatic hydroxyl groups excluding tert-OH is 2. The van der Waals surface area contributed by atoms with Crippen LogP contribution < -0.4 is 9.64 Å². The third-order valence-electron chi connectivity index (χ3n) is 11.7. The number of esters is 1. The number of methoxy groups -OCH3 is 1. The van der Waals surface area contributed by atoms with Gasteiger partial charge in [0.25, 0.3) is 0 Å². The molecule has 0 amide bonds. The molecule has 5 N–H and O–H groups in total. The first-order valence-corrected chi connectivity index (χ1v) is 19.2. The molecule has 308 valence electrons. The standard InChI is InChI=1S/C43H48N2O13/c1-21-13-22(2)37(23(3)14-21)45-10-9-44(20-45)11-12-56-31(48)15-25-16-32(57-24(4)38(25)49)58-29-18-43(54,30(47)19-46)17-27-34(29)42(53)36-35(40(27)51)39(50)26-7-6-8-28(55-5)33(26)41(36)52/h6-10,13-14,24-25,29,32,38,46,49,51,53-54H,11-12,15-20H2,1-5H3/t24-,25?,29-,32?,38-,43-/m0/s1. The quantitative estimate of drug-likeness (QED) is 0.109. The van der Waals surface area contributed by atoms with Gasteiger partial charge in [0.2, 0.25) is 5.78 Å². The molecule has 0 aromatic heterocycles. The lowest BCUT2D eigenvalue weighted by molar-refractivity contribution is -0.257. The van der Waals surface area contributed by atoms with Crippen LogP contribution in [0.2, 0.25) is 0 Å². The molecular weight excluding hydrogens is 752 g/mol. The molecule has 1 saturated heterocycles. The minimum Gasteiger partial charge on any atom is -0.507 e. The number of ketones is 3. The third kappa shape index (κ3) is 7.21. The van der Waals surface area contributed by atoms with Crippen molar-refractivity contribution in [1.29, 1.82) is 0 Å². The molecule has 0 spiro atoms. The van der Waals surface area contributed by atoms with Crippen LogP contribution in [0.25, 0.3) is 0 Å². The Morgan fingerprint density at radius 2 is 1.71 bits per heavy atom. The predicted molar refractivity (Wildman–Crippen MR) is 207 cm³/mol. The maximum Gasteiger partial charge on any atom is 0.306 e. The second-order valence-corrected chi connectivity index (χ2v) is 15.6. The number of ether oxygens (including phenoxy) is 4. The molecule has 2 unspecified atom stereocenters. The van der Waals surface area contributed by atoms with Gasteiger partial charge in [0, 0.05) is 60.0 Å². The number of carbonyl (C=O) groups is 4. The molecule has 7 rings (SSSR count). The Labute approximate surface area is 335 Å². The van der Waals surface area contributed by atoms with Gasteiger partial charge in [-0.3, -0.25) is 19.2 Å². The average molecular weight is 801 g/mol. The summed E-state index contributed by atoms with van der Waals surface area (Å²) in [5.41, 5.74) is 0.727. The molecule has 2 aliphatic carbocycles. The Balaban J connectivity index is 1.08. The van der Waals surface area contributed by atoms with Crippen LogP contribution in [0.1, 0.15) is 92.0 Å². The van der Waals surface area contributed by atoms with E-state index in [0.29, 0.717) is 13.2 Å². The molecule has 3 aromatic rings. The van der Waals surface area contributed by atoms with E-state index in [1.165, 1.54) is 30.9 Å². The van der Waals surface area contributed by atoms with Crippen LogP contribution in [-0.4, -0.2) is 111 Å². The number of carbonyl (C=O) groups excluding carboxylic acids is 4. The average Bonchev–Trinajstić information content (AvgIpc) is 3.63. The smallest absolute Gasteiger partial charge is 0.306 e. The van der Waals surface area contributed by atoms with E-state index < -0.39 is 102 Å². The Hall–Kier alpha value is -5.32. The number of phenols is 2. The minimum absolute atomic E-state index is 0.0580. The Kier molecular flexibility index (Phi) is 11.1. The lowest BCUT2D eigenvalue weighted by Crippen LogP contribution is -2.49. The number of hydrogen-bond acceptors (Lipinski definition) is 15. The minimum atomic E-state index is -2.32. The van der Waals surface area contributed by atoms with Crippen LogP contribution >= 0.6 is 0 Å². The zero-order valence-corrected chi connectivity index (χ0v) is 33.0. The van der Waals surface area contributed by atoms with Gasteiger partial charge in [0.15, 0.2) is 17.9 Å². The number of Topliss-reactive ketones (excluding diaryl/α,β-unsaturated/α-hetero) is 1. The Morgan fingerprint density at radius 3 is 2.40 bits per heavy atom. The molecular formula is C43H48N2O13. The van der Waals surface area contributed by atoms with Crippen LogP contribution in [0, 0.1) is 26.7 Å². The largest absolute Gasteiger partial charge is 0.507 e. The topological polar surface area (TPSA) is 213 Å². The molecule has 15 heteroatoms. The summed E-state index contributed by atoms with van der Waals surface area (Å²) in [6.45, 7) is 7.84. The molecule has 3 aromatic carbocycles. The van der Waals surface area contributed by atoms with Crippen LogP contribution in [-0.2, 0) is 30.2 Å². The first-order chi connectivity index (χ1) is 27.6. The fourth-order valence-electron chi connectivity index (χ4n) is 8.94. The molecule has 1 fully saturated rings. The number of rotatable bonds is 11. The van der Waals surface area contributed by atoms with Gasteiger partial charge in [0.1, 0.15) is 36.1 Å². The molecule has 6 atom stereocenters. The third-order valence-corrected chi connectivity index (χ3v) is 11.7. The first kappa shape index (κ1) is 40.9. The highest BCUT2D eigenvalue weighted by molar-refractivity contribution is 6.31. The Morgan fingerprint density at radius 1 is 1.00 bits per heavy atom. The summed E-state index contributed by atoms with van der Waals surface area (Å²) in [6, 6.07) is 8.62. The second kappa shape index (κ2) is 15.8. The number of anilines is 1. The van der Waals surface area contributed by atoms with Crippen LogP contribution in [0.15, 0.2) is 42.7 Å². The lowest BCUT2D eigenvalue weighted by Gasteiger charge is -2.42. The second-order valence-electron chi connectivity index (χ2n) is 15.6. The lowest BCUT2D eigenvalue weighted by atomic mass is 9.72. The molecule has 0 saturated carbocycles. The van der Waals surface area contributed by atoms with Crippen molar-refractivity contribution < 1.29 is 63.7 Å². The highest BCUT2D eigenvalue weighted by Gasteiger charge is 2.50. The molecule has 0 radical (unpaired) electrons. The normalized spacial score (nSPS) is 25.0. The fourth-order valence-corrected chi connectivity index (χ4v) is 8.94. The highest BCUT2D eigenvalue weighted by atomic mass is 16.7. The predicted octanol–water partition coefficient (Wildman–Crippen LogP) is 3.40. The van der Waals surface area contributed by atoms with Gasteiger partial charge < -0.3 is 54.3 Å². The highest BCUT2D eigenvalue weighted by Crippen LogP contribution is 2.52. The number of benzene rings is 3. The summed E-state index contributed by atoms with van der Waals surface area (Å²) >= 11 is 0. The zero-order chi connectivity index (χ0) is 41.8. The van der Waals surface area contributed by atoms with E-state index in [1.807, 2.05) is 17.3 Å². The van der Waals surface area contributed by atoms with Gasteiger partial charge in [0.05, 0.1) is 61.7 Å². The van der Waals surface area contributed by atoms with E-state index in [-0.39, 0.29) is 47.5 Å². The van der Waals surface area contributed by atoms with Crippen molar-refractivity contribution in [1.82, 2.24) is 4.90 Å². The molecule has 0 bridgehead atoms. The number of aryl methyl sites for hydroxylation is 3. The van der Waals surface area contributed by atoms with Gasteiger partial charge in [-0.1, -0.05) is 29.8 Å². The molecule has 15 nitrogen and oxygen atoms in total. The van der Waals surface area contributed by atoms with Gasteiger partial charge in [-0.15, -0.1) is 0 Å². The van der Waals surface area contributed by atoms with E-state index in [2.05, 4.69) is 37.8 Å². The zero-order valence-electron chi connectivity index (χ0n) is 33.0. The summed E-state index contributed by atoms with van der Waals surface area (Å²) in [5, 5.41) is 55.9. The summed E-state index contributed by atoms with van der Waals surface area (Å²) in [4.78, 5) is 58.0. The number of hydrogen-bond donors (Lipinski definition) is 5. The van der Waals surface area contributed by atoms with Crippen molar-refractivity contribution in [3.63, 3.8) is 0 Å². The monoisotopic (exact) mass is 800 g/mol. The summed E-state index contributed by atoms with van der Waals surface area (Å²) < 4.78 is 23.2. The summed E-state index contributed by atoms with van der Waals surface area (Å²) in [7, 11) is 1.32. The van der Waals surface area contributed by atoms with Crippen molar-refractivity contribution in [3.05, 3.63) is 92.8 Å². The van der Waals surface area contributed by atoms with Crippen molar-refractivity contribution in [3.8, 4) is 17.2 Å². The fraction of sp³-hybridized carbons (Fsp3) is 0.442. The SMILES string of the molecule is COc1cccc2c1C(=O)c1c(O)c3c(c(O)c1C2=O)C[C@@](O)(C(=O)CO)C[C@@H]3OC1CC(CC(=O)OCCN2C=CN(c3c(C)cc(C)cc3C)C2)[C@@H](O)[C@H](C)O1. The number of phenolic OH excluding ortho intramolecular Hbond substituents is 2. The van der Waals surface area contributed by atoms with Crippen LogP contribution in [0.4, 0.5) is 5.69 Å². The van der Waals surface area contributed by atoms with Crippen LogP contribution in [0.3, 0.4) is 0 Å². The van der Waals surface area contributed by atoms with Gasteiger partial charge >= 0.3 is 5.97 Å². The first-order valence-electron chi connectivity index (χ1n) is 19.2. The molecule has 58 heavy (non-hydrogen) atoms. The van der Waals surface area contributed by atoms with Gasteiger partial charge in [-0.2, -0.15) is 0 Å². The summed E-state index contributed by atoms with van der Waals surface area (Å²) in [6.07, 6.45) is -2.07. The van der Waals surface area contributed by atoms with E-state index in [9.17, 15) is 44.7 Å². The van der Waals surface area contributed by atoms with E-state index in [1.54, 1.807) is 6.92 Å². The maximum absolute atomic E-state index is 14.0. The van der Waals surface area contributed by atoms with Crippen LogP contribution in [0.5, 0.6) is 17.2 Å². The van der Waals surface area contributed by atoms with Gasteiger partial charge in [-0.05, 0) is 44.9 Å².